The van der Waals surface area contributed by atoms with E-state index in [9.17, 15) is 9.59 Å². The maximum absolute atomic E-state index is 12.1. The summed E-state index contributed by atoms with van der Waals surface area (Å²) in [5.74, 6) is 0.355. The van der Waals surface area contributed by atoms with Crippen LogP contribution in [-0.2, 0) is 16.1 Å². The number of fused-ring (bicyclic) bond motifs is 1. The van der Waals surface area contributed by atoms with E-state index in [0.717, 1.165) is 11.1 Å². The van der Waals surface area contributed by atoms with E-state index in [4.69, 9.17) is 21.1 Å². The SMILES string of the molecule is Cc1ccn2c(=O)cc(COC(=O)CCCOc3ccc(Cl)c(C)c3)nc2c1. The molecule has 0 bridgehead atoms. The summed E-state index contributed by atoms with van der Waals surface area (Å²) < 4.78 is 12.3. The monoisotopic (exact) mass is 400 g/mol. The fraction of sp³-hybridized carbons (Fsp3) is 0.286. The Balaban J connectivity index is 1.47. The Hall–Kier alpha value is -2.86. The van der Waals surface area contributed by atoms with Gasteiger partial charge in [-0.2, -0.15) is 0 Å². The number of benzene rings is 1. The van der Waals surface area contributed by atoms with Crippen molar-refractivity contribution in [1.82, 2.24) is 9.38 Å². The highest BCUT2D eigenvalue weighted by Crippen LogP contribution is 2.21. The van der Waals surface area contributed by atoms with Crippen molar-refractivity contribution in [2.24, 2.45) is 0 Å². The number of nitrogens with zero attached hydrogens (tertiary/aromatic N) is 2. The lowest BCUT2D eigenvalue weighted by Crippen LogP contribution is -2.16. The van der Waals surface area contributed by atoms with Gasteiger partial charge in [0.05, 0.1) is 12.3 Å². The molecule has 0 aliphatic carbocycles. The molecule has 0 atom stereocenters. The number of pyridine rings is 1. The average Bonchev–Trinajstić information content (AvgIpc) is 2.66. The van der Waals surface area contributed by atoms with E-state index >= 15 is 0 Å². The molecule has 0 unspecified atom stereocenters. The average molecular weight is 401 g/mol. The van der Waals surface area contributed by atoms with E-state index in [1.807, 2.05) is 32.0 Å². The zero-order valence-electron chi connectivity index (χ0n) is 15.8. The largest absolute Gasteiger partial charge is 0.494 e. The number of hydrogen-bond acceptors (Lipinski definition) is 5. The lowest BCUT2D eigenvalue weighted by Gasteiger charge is -2.08. The van der Waals surface area contributed by atoms with Crippen LogP contribution in [0.5, 0.6) is 5.75 Å². The molecule has 0 N–H and O–H groups in total. The first-order valence-corrected chi connectivity index (χ1v) is 9.34. The van der Waals surface area contributed by atoms with Crippen molar-refractivity contribution in [2.45, 2.75) is 33.3 Å². The smallest absolute Gasteiger partial charge is 0.306 e. The Morgan fingerprint density at radius 2 is 2.00 bits per heavy atom. The lowest BCUT2D eigenvalue weighted by atomic mass is 10.2. The number of esters is 1. The van der Waals surface area contributed by atoms with Gasteiger partial charge in [0.2, 0.25) is 0 Å². The number of halogens is 1. The van der Waals surface area contributed by atoms with E-state index < -0.39 is 0 Å². The highest BCUT2D eigenvalue weighted by atomic mass is 35.5. The summed E-state index contributed by atoms with van der Waals surface area (Å²) >= 11 is 5.98. The van der Waals surface area contributed by atoms with Crippen molar-refractivity contribution >= 4 is 23.2 Å². The molecular formula is C21H21ClN2O4. The zero-order valence-corrected chi connectivity index (χ0v) is 16.5. The fourth-order valence-electron chi connectivity index (χ4n) is 2.67. The van der Waals surface area contributed by atoms with Crippen molar-refractivity contribution < 1.29 is 14.3 Å². The molecule has 0 spiro atoms. The van der Waals surface area contributed by atoms with Crippen LogP contribution in [0, 0.1) is 13.8 Å². The molecule has 0 radical (unpaired) electrons. The molecule has 0 fully saturated rings. The topological polar surface area (TPSA) is 69.9 Å². The third-order valence-electron chi connectivity index (χ3n) is 4.18. The van der Waals surface area contributed by atoms with Gasteiger partial charge < -0.3 is 9.47 Å². The molecule has 0 amide bonds. The highest BCUT2D eigenvalue weighted by molar-refractivity contribution is 6.31. The van der Waals surface area contributed by atoms with Crippen LogP contribution in [0.1, 0.15) is 29.7 Å². The maximum Gasteiger partial charge on any atom is 0.306 e. The van der Waals surface area contributed by atoms with Gasteiger partial charge in [-0.3, -0.25) is 14.0 Å². The van der Waals surface area contributed by atoms with Gasteiger partial charge in [0, 0.05) is 23.7 Å². The number of ether oxygens (including phenoxy) is 2. The van der Waals surface area contributed by atoms with Crippen LogP contribution in [0.2, 0.25) is 5.02 Å². The van der Waals surface area contributed by atoms with Crippen LogP contribution < -0.4 is 10.3 Å². The molecule has 0 aliphatic heterocycles. The first-order chi connectivity index (χ1) is 13.4. The van der Waals surface area contributed by atoms with Crippen molar-refractivity contribution in [3.05, 3.63) is 74.8 Å². The van der Waals surface area contributed by atoms with Crippen molar-refractivity contribution in [3.63, 3.8) is 0 Å². The summed E-state index contributed by atoms with van der Waals surface area (Å²) in [6.45, 7) is 4.19. The van der Waals surface area contributed by atoms with Gasteiger partial charge in [0.1, 0.15) is 18.0 Å². The number of aryl methyl sites for hydroxylation is 2. The van der Waals surface area contributed by atoms with Crippen LogP contribution in [0.4, 0.5) is 0 Å². The van der Waals surface area contributed by atoms with E-state index in [1.165, 1.54) is 10.5 Å². The second-order valence-electron chi connectivity index (χ2n) is 6.54. The minimum atomic E-state index is -0.359. The van der Waals surface area contributed by atoms with Crippen LogP contribution in [0.25, 0.3) is 5.65 Å². The highest BCUT2D eigenvalue weighted by Gasteiger charge is 2.07. The number of carbonyl (C=O) groups excluding carboxylic acids is 1. The first kappa shape index (κ1) is 19.9. The van der Waals surface area contributed by atoms with Crippen molar-refractivity contribution in [3.8, 4) is 5.75 Å². The van der Waals surface area contributed by atoms with Gasteiger partial charge in [0.15, 0.2) is 0 Å². The molecule has 3 aromatic rings. The number of rotatable bonds is 7. The Kier molecular flexibility index (Phi) is 6.31. The summed E-state index contributed by atoms with van der Waals surface area (Å²) in [7, 11) is 0. The zero-order chi connectivity index (χ0) is 20.1. The number of carbonyl (C=O) groups is 1. The number of hydrogen-bond donors (Lipinski definition) is 0. The molecule has 28 heavy (non-hydrogen) atoms. The Labute approximate surface area is 167 Å². The third-order valence-corrected chi connectivity index (χ3v) is 4.60. The molecule has 2 heterocycles. The molecule has 1 aromatic carbocycles. The molecule has 0 saturated heterocycles. The number of aromatic nitrogens is 2. The van der Waals surface area contributed by atoms with Gasteiger partial charge in [-0.05, 0) is 61.7 Å². The fourth-order valence-corrected chi connectivity index (χ4v) is 2.79. The standard InChI is InChI=1S/C21H21ClN2O4/c1-14-7-8-24-19(10-14)23-16(12-20(24)25)13-28-21(26)4-3-9-27-17-5-6-18(22)15(2)11-17/h5-8,10-12H,3-4,9,13H2,1-2H3. The summed E-state index contributed by atoms with van der Waals surface area (Å²) in [6.07, 6.45) is 2.42. The second kappa shape index (κ2) is 8.89. The van der Waals surface area contributed by atoms with Crippen molar-refractivity contribution in [1.29, 1.82) is 0 Å². The van der Waals surface area contributed by atoms with Crippen LogP contribution >= 0.6 is 11.6 Å². The quantitative estimate of drug-likeness (QED) is 0.445. The molecule has 2 aromatic heterocycles. The predicted octanol–water partition coefficient (Wildman–Crippen LogP) is 3.87. The van der Waals surface area contributed by atoms with Gasteiger partial charge >= 0.3 is 5.97 Å². The summed E-state index contributed by atoms with van der Waals surface area (Å²) in [5, 5.41) is 0.688. The normalized spacial score (nSPS) is 10.8. The lowest BCUT2D eigenvalue weighted by molar-refractivity contribution is -0.145. The van der Waals surface area contributed by atoms with E-state index in [1.54, 1.807) is 18.3 Å². The first-order valence-electron chi connectivity index (χ1n) is 8.96. The third kappa shape index (κ3) is 5.10. The predicted molar refractivity (Wildman–Crippen MR) is 107 cm³/mol. The maximum atomic E-state index is 12.1. The van der Waals surface area contributed by atoms with Crippen LogP contribution in [0.15, 0.2) is 47.4 Å². The summed E-state index contributed by atoms with van der Waals surface area (Å²) in [5.41, 5.74) is 2.69. The van der Waals surface area contributed by atoms with Crippen LogP contribution in [-0.4, -0.2) is 22.0 Å². The molecule has 7 heteroatoms. The van der Waals surface area contributed by atoms with E-state index in [0.29, 0.717) is 35.1 Å². The Morgan fingerprint density at radius 1 is 1.18 bits per heavy atom. The molecule has 6 nitrogen and oxygen atoms in total. The van der Waals surface area contributed by atoms with Gasteiger partial charge in [-0.1, -0.05) is 11.6 Å². The van der Waals surface area contributed by atoms with Gasteiger partial charge in [-0.15, -0.1) is 0 Å². The Bertz CT molecular complexity index is 1060. The molecule has 3 rings (SSSR count). The van der Waals surface area contributed by atoms with Gasteiger partial charge in [0.25, 0.3) is 5.56 Å². The molecular weight excluding hydrogens is 380 g/mol. The summed E-state index contributed by atoms with van der Waals surface area (Å²) in [4.78, 5) is 28.4. The summed E-state index contributed by atoms with van der Waals surface area (Å²) in [6, 6.07) is 10.4. The van der Waals surface area contributed by atoms with E-state index in [2.05, 4.69) is 4.98 Å². The Morgan fingerprint density at radius 3 is 2.79 bits per heavy atom. The van der Waals surface area contributed by atoms with E-state index in [-0.39, 0.29) is 24.6 Å². The molecule has 0 saturated carbocycles. The molecule has 146 valence electrons. The minimum Gasteiger partial charge on any atom is -0.494 e. The second-order valence-corrected chi connectivity index (χ2v) is 6.95. The van der Waals surface area contributed by atoms with Crippen molar-refractivity contribution in [2.75, 3.05) is 6.61 Å². The minimum absolute atomic E-state index is 0.0320. The van der Waals surface area contributed by atoms with Crippen LogP contribution in [0.3, 0.4) is 0 Å². The van der Waals surface area contributed by atoms with Gasteiger partial charge in [-0.25, -0.2) is 4.98 Å². The molecule has 0 aliphatic rings.